The molecule has 0 saturated heterocycles. The molecule has 1 aromatic rings. The topological polar surface area (TPSA) is 35.5 Å². The van der Waals surface area contributed by atoms with Gasteiger partial charge in [0.05, 0.1) is 7.11 Å². The number of alkyl halides is 1. The minimum absolute atomic E-state index is 0.0829. The van der Waals surface area contributed by atoms with Crippen LogP contribution in [-0.2, 0) is 9.53 Å². The summed E-state index contributed by atoms with van der Waals surface area (Å²) in [6.45, 7) is 12.3. The molecule has 1 aliphatic rings. The standard InChI is InChI=1S/C20H31FO3Si/c1-19(2,3)25(6,7)24-16-10-8-9-15(13-16)17(14-11-12-14)20(4,21)18(22)23-5/h8-10,13-14,17H,11-12H2,1-7H3/t17-,20?/m0/s1. The van der Waals surface area contributed by atoms with Gasteiger partial charge in [0.2, 0.25) is 14.0 Å². The first-order valence-electron chi connectivity index (χ1n) is 8.96. The van der Waals surface area contributed by atoms with Gasteiger partial charge in [0.15, 0.2) is 0 Å². The molecule has 25 heavy (non-hydrogen) atoms. The highest BCUT2D eigenvalue weighted by Gasteiger charge is 2.51. The summed E-state index contributed by atoms with van der Waals surface area (Å²) in [5, 5.41) is 0.0829. The Hall–Kier alpha value is -1.36. The predicted octanol–water partition coefficient (Wildman–Crippen LogP) is 5.47. The van der Waals surface area contributed by atoms with Gasteiger partial charge in [0.1, 0.15) is 5.75 Å². The molecule has 0 aliphatic heterocycles. The molecule has 1 fully saturated rings. The van der Waals surface area contributed by atoms with E-state index in [0.29, 0.717) is 0 Å². The minimum Gasteiger partial charge on any atom is -0.543 e. The summed E-state index contributed by atoms with van der Waals surface area (Å²) in [6.07, 6.45) is 1.88. The Kier molecular flexibility index (Phi) is 5.38. The molecule has 0 N–H and O–H groups in total. The Bertz CT molecular complexity index is 630. The van der Waals surface area contributed by atoms with Crippen molar-refractivity contribution in [2.45, 2.75) is 70.3 Å². The second-order valence-corrected chi connectivity index (χ2v) is 13.5. The zero-order chi connectivity index (χ0) is 19.0. The lowest BCUT2D eigenvalue weighted by Crippen LogP contribution is -2.44. The number of halogens is 1. The van der Waals surface area contributed by atoms with E-state index < -0.39 is 25.9 Å². The molecule has 140 valence electrons. The van der Waals surface area contributed by atoms with Crippen molar-refractivity contribution in [3.63, 3.8) is 0 Å². The number of carbonyl (C=O) groups excluding carboxylic acids is 1. The fraction of sp³-hybridized carbons (Fsp3) is 0.650. The minimum atomic E-state index is -2.04. The molecule has 0 heterocycles. The number of esters is 1. The first-order valence-corrected chi connectivity index (χ1v) is 11.9. The van der Waals surface area contributed by atoms with Crippen molar-refractivity contribution < 1.29 is 18.3 Å². The third-order valence-corrected chi connectivity index (χ3v) is 10.0. The lowest BCUT2D eigenvalue weighted by molar-refractivity contribution is -0.155. The number of carbonyl (C=O) groups is 1. The molecule has 1 aromatic carbocycles. The molecule has 1 aliphatic carbocycles. The van der Waals surface area contributed by atoms with Gasteiger partial charge in [-0.25, -0.2) is 9.18 Å². The molecule has 3 nitrogen and oxygen atoms in total. The second kappa shape index (κ2) is 6.75. The van der Waals surface area contributed by atoms with Crippen molar-refractivity contribution in [3.05, 3.63) is 29.8 Å². The van der Waals surface area contributed by atoms with E-state index in [4.69, 9.17) is 9.16 Å². The Morgan fingerprint density at radius 1 is 1.24 bits per heavy atom. The average molecular weight is 367 g/mol. The van der Waals surface area contributed by atoms with Crippen LogP contribution in [-0.4, -0.2) is 27.1 Å². The molecule has 5 heteroatoms. The largest absolute Gasteiger partial charge is 0.543 e. The number of ether oxygens (including phenoxy) is 1. The van der Waals surface area contributed by atoms with Crippen LogP contribution in [0, 0.1) is 5.92 Å². The van der Waals surface area contributed by atoms with Crippen molar-refractivity contribution in [3.8, 4) is 5.75 Å². The van der Waals surface area contributed by atoms with Crippen LogP contribution in [0.25, 0.3) is 0 Å². The first kappa shape index (κ1) is 20.0. The van der Waals surface area contributed by atoms with E-state index in [1.807, 2.05) is 24.3 Å². The van der Waals surface area contributed by atoms with E-state index in [9.17, 15) is 4.79 Å². The van der Waals surface area contributed by atoms with Crippen LogP contribution in [0.1, 0.15) is 52.0 Å². The zero-order valence-electron chi connectivity index (χ0n) is 16.5. The zero-order valence-corrected chi connectivity index (χ0v) is 17.5. The summed E-state index contributed by atoms with van der Waals surface area (Å²) in [5.41, 5.74) is -1.22. The molecule has 0 spiro atoms. The van der Waals surface area contributed by atoms with Gasteiger partial charge < -0.3 is 9.16 Å². The van der Waals surface area contributed by atoms with Crippen LogP contribution < -0.4 is 4.43 Å². The number of benzene rings is 1. The van der Waals surface area contributed by atoms with E-state index >= 15 is 4.39 Å². The van der Waals surface area contributed by atoms with Crippen molar-refractivity contribution in [2.75, 3.05) is 7.11 Å². The van der Waals surface area contributed by atoms with Crippen molar-refractivity contribution >= 4 is 14.3 Å². The summed E-state index contributed by atoms with van der Waals surface area (Å²) in [4.78, 5) is 12.0. The van der Waals surface area contributed by atoms with E-state index in [-0.39, 0.29) is 11.0 Å². The fourth-order valence-electron chi connectivity index (χ4n) is 3.00. The van der Waals surface area contributed by atoms with Crippen LogP contribution >= 0.6 is 0 Å². The highest BCUT2D eigenvalue weighted by atomic mass is 28.4. The molecular formula is C20H31FO3Si. The molecule has 0 bridgehead atoms. The summed E-state index contributed by atoms with van der Waals surface area (Å²) < 4.78 is 26.3. The van der Waals surface area contributed by atoms with Gasteiger partial charge in [0, 0.05) is 5.92 Å². The van der Waals surface area contributed by atoms with Gasteiger partial charge in [-0.15, -0.1) is 0 Å². The maximum Gasteiger partial charge on any atom is 0.343 e. The predicted molar refractivity (Wildman–Crippen MR) is 101 cm³/mol. The summed E-state index contributed by atoms with van der Waals surface area (Å²) in [7, 11) is -0.738. The molecule has 2 rings (SSSR count). The quantitative estimate of drug-likeness (QED) is 0.495. The summed E-state index contributed by atoms with van der Waals surface area (Å²) in [5.74, 6) is -0.365. The van der Waals surface area contributed by atoms with Crippen molar-refractivity contribution in [1.29, 1.82) is 0 Å². The van der Waals surface area contributed by atoms with Gasteiger partial charge in [-0.1, -0.05) is 32.9 Å². The molecule has 0 aromatic heterocycles. The highest BCUT2D eigenvalue weighted by molar-refractivity contribution is 6.74. The Balaban J connectivity index is 2.34. The van der Waals surface area contributed by atoms with E-state index in [1.165, 1.54) is 14.0 Å². The normalized spacial score (nSPS) is 19.0. The smallest absolute Gasteiger partial charge is 0.343 e. The van der Waals surface area contributed by atoms with E-state index in [2.05, 4.69) is 33.9 Å². The molecule has 2 atom stereocenters. The second-order valence-electron chi connectivity index (χ2n) is 8.82. The van der Waals surface area contributed by atoms with Crippen LogP contribution in [0.2, 0.25) is 18.1 Å². The van der Waals surface area contributed by atoms with Crippen LogP contribution in [0.3, 0.4) is 0 Å². The van der Waals surface area contributed by atoms with Crippen molar-refractivity contribution in [2.24, 2.45) is 5.92 Å². The highest BCUT2D eigenvalue weighted by Crippen LogP contribution is 2.50. The SMILES string of the molecule is COC(=O)C(C)(F)[C@H](c1cccc(O[Si](C)(C)C(C)(C)C)c1)C1CC1. The van der Waals surface area contributed by atoms with Crippen LogP contribution in [0.5, 0.6) is 5.75 Å². The number of rotatable bonds is 6. The van der Waals surface area contributed by atoms with E-state index in [1.54, 1.807) is 0 Å². The Morgan fingerprint density at radius 2 is 1.84 bits per heavy atom. The monoisotopic (exact) mass is 366 g/mol. The first-order chi connectivity index (χ1) is 11.4. The Morgan fingerprint density at radius 3 is 2.32 bits per heavy atom. The van der Waals surface area contributed by atoms with Gasteiger partial charge in [-0.05, 0) is 61.5 Å². The average Bonchev–Trinajstić information content (AvgIpc) is 3.29. The summed E-state index contributed by atoms with van der Waals surface area (Å²) >= 11 is 0. The van der Waals surface area contributed by atoms with Gasteiger partial charge in [0.25, 0.3) is 0 Å². The van der Waals surface area contributed by atoms with Gasteiger partial charge in [-0.2, -0.15) is 0 Å². The number of hydrogen-bond donors (Lipinski definition) is 0. The van der Waals surface area contributed by atoms with E-state index in [0.717, 1.165) is 24.2 Å². The molecule has 0 amide bonds. The van der Waals surface area contributed by atoms with Gasteiger partial charge in [-0.3, -0.25) is 0 Å². The molecule has 1 saturated carbocycles. The maximum atomic E-state index is 15.3. The van der Waals surface area contributed by atoms with Crippen LogP contribution in [0.15, 0.2) is 24.3 Å². The van der Waals surface area contributed by atoms with Crippen LogP contribution in [0.4, 0.5) is 4.39 Å². The maximum absolute atomic E-state index is 15.3. The van der Waals surface area contributed by atoms with Crippen molar-refractivity contribution in [1.82, 2.24) is 0 Å². The molecular weight excluding hydrogens is 335 g/mol. The number of methoxy groups -OCH3 is 1. The lowest BCUT2D eigenvalue weighted by Gasteiger charge is -2.37. The third-order valence-electron chi connectivity index (χ3n) is 5.66. The third kappa shape index (κ3) is 4.25. The fourth-order valence-corrected chi connectivity index (χ4v) is 4.03. The summed E-state index contributed by atoms with van der Waals surface area (Å²) in [6, 6.07) is 7.61. The van der Waals surface area contributed by atoms with Gasteiger partial charge >= 0.3 is 5.97 Å². The number of hydrogen-bond acceptors (Lipinski definition) is 3. The molecule has 1 unspecified atom stereocenters. The Labute approximate surface area is 152 Å². The molecule has 0 radical (unpaired) electrons. The lowest BCUT2D eigenvalue weighted by atomic mass is 9.81.